The predicted octanol–water partition coefficient (Wildman–Crippen LogP) is 4.54. The van der Waals surface area contributed by atoms with E-state index in [1.807, 2.05) is 24.3 Å². The van der Waals surface area contributed by atoms with Gasteiger partial charge in [0.25, 0.3) is 0 Å². The number of ether oxygens (including phenoxy) is 2. The number of hydrogen-bond donors (Lipinski definition) is 2. The Bertz CT molecular complexity index is 791. The molecule has 0 saturated carbocycles. The summed E-state index contributed by atoms with van der Waals surface area (Å²) in [4.78, 5) is 21.7. The summed E-state index contributed by atoms with van der Waals surface area (Å²) in [7, 11) is 2.75. The third-order valence-electron chi connectivity index (χ3n) is 4.17. The van der Waals surface area contributed by atoms with E-state index in [1.165, 1.54) is 14.2 Å². The topological polar surface area (TPSA) is 93.1 Å². The molecule has 0 aliphatic rings. The number of phenols is 2. The molecule has 0 heterocycles. The Hall–Kier alpha value is -2.54. The van der Waals surface area contributed by atoms with Gasteiger partial charge in [-0.25, -0.2) is 0 Å². The van der Waals surface area contributed by atoms with Crippen LogP contribution in [-0.2, 0) is 31.9 Å². The molecule has 0 aliphatic heterocycles. The van der Waals surface area contributed by atoms with Gasteiger partial charge in [0, 0.05) is 12.8 Å². The van der Waals surface area contributed by atoms with Crippen molar-refractivity contribution < 1.29 is 29.3 Å². The Morgan fingerprint density at radius 3 is 1.90 bits per heavy atom. The van der Waals surface area contributed by atoms with Gasteiger partial charge in [-0.2, -0.15) is 0 Å². The van der Waals surface area contributed by atoms with E-state index >= 15 is 0 Å². The van der Waals surface area contributed by atoms with E-state index in [0.717, 1.165) is 11.1 Å². The summed E-state index contributed by atoms with van der Waals surface area (Å²) in [5.74, 6) is 0.115. The summed E-state index contributed by atoms with van der Waals surface area (Å²) in [6.07, 6.45) is 3.51. The highest BCUT2D eigenvalue weighted by Crippen LogP contribution is 2.28. The quantitative estimate of drug-likeness (QED) is 0.554. The molecule has 0 bridgehead atoms. The summed E-state index contributed by atoms with van der Waals surface area (Å²) in [5.41, 5.74) is 1.71. The number of carbonyl (C=O) groups is 2. The van der Waals surface area contributed by atoms with Crippen LogP contribution in [0.2, 0.25) is 0 Å². The number of rotatable bonds is 8. The molecule has 29 heavy (non-hydrogen) atoms. The van der Waals surface area contributed by atoms with Crippen molar-refractivity contribution in [3.63, 3.8) is 0 Å². The zero-order valence-corrected chi connectivity index (χ0v) is 18.3. The molecule has 0 aliphatic carbocycles. The minimum Gasteiger partial charge on any atom is -0.508 e. The molecule has 0 amide bonds. The highest BCUT2D eigenvalue weighted by Gasteiger charge is 2.06. The summed E-state index contributed by atoms with van der Waals surface area (Å²) in [6, 6.07) is 12.6. The molecule has 0 radical (unpaired) electrons. The van der Waals surface area contributed by atoms with Crippen LogP contribution >= 0.6 is 15.9 Å². The van der Waals surface area contributed by atoms with Crippen molar-refractivity contribution in [2.45, 2.75) is 38.5 Å². The highest BCUT2D eigenvalue weighted by molar-refractivity contribution is 9.10. The van der Waals surface area contributed by atoms with E-state index in [0.29, 0.717) is 43.0 Å². The van der Waals surface area contributed by atoms with E-state index in [1.54, 1.807) is 18.2 Å². The molecule has 0 atom stereocenters. The van der Waals surface area contributed by atoms with Crippen molar-refractivity contribution in [2.24, 2.45) is 0 Å². The first kappa shape index (κ1) is 24.5. The first-order valence-electron chi connectivity index (χ1n) is 9.25. The lowest BCUT2D eigenvalue weighted by atomic mass is 10.1. The Morgan fingerprint density at radius 2 is 1.34 bits per heavy atom. The van der Waals surface area contributed by atoms with Crippen LogP contribution in [0.5, 0.6) is 11.5 Å². The summed E-state index contributed by atoms with van der Waals surface area (Å²) >= 11 is 3.24. The van der Waals surface area contributed by atoms with E-state index < -0.39 is 0 Å². The maximum absolute atomic E-state index is 10.9. The van der Waals surface area contributed by atoms with Gasteiger partial charge in [0.05, 0.1) is 18.7 Å². The number of hydrogen-bond acceptors (Lipinski definition) is 6. The maximum Gasteiger partial charge on any atom is 0.305 e. The van der Waals surface area contributed by atoms with Gasteiger partial charge < -0.3 is 19.7 Å². The standard InChI is InChI=1S/C11H13BrO3.C11H14O3/c1-15-10(13)7-3-5-8-4-2-6-9(12)11(8)14;1-14-11(13)8-4-6-9-5-2-3-7-10(9)12/h2,4,6,14H,3,5,7H2,1H3;2-3,5,7,12H,4,6,8H2,1H3. The Balaban J connectivity index is 0.000000291. The average molecular weight is 467 g/mol. The van der Waals surface area contributed by atoms with Crippen LogP contribution in [0.4, 0.5) is 0 Å². The Labute approximate surface area is 179 Å². The minimum atomic E-state index is -0.218. The lowest BCUT2D eigenvalue weighted by Gasteiger charge is -2.05. The first-order valence-corrected chi connectivity index (χ1v) is 10.0. The van der Waals surface area contributed by atoms with Crippen LogP contribution in [0.15, 0.2) is 46.9 Å². The molecule has 2 aromatic carbocycles. The van der Waals surface area contributed by atoms with E-state index in [9.17, 15) is 19.8 Å². The zero-order chi connectivity index (χ0) is 21.6. The van der Waals surface area contributed by atoms with Gasteiger partial charge in [0.15, 0.2) is 0 Å². The van der Waals surface area contributed by atoms with Gasteiger partial charge in [0.1, 0.15) is 11.5 Å². The number of benzene rings is 2. The number of halogens is 1. The van der Waals surface area contributed by atoms with Gasteiger partial charge in [-0.15, -0.1) is 0 Å². The molecule has 0 unspecified atom stereocenters. The van der Waals surface area contributed by atoms with Crippen molar-refractivity contribution in [1.29, 1.82) is 0 Å². The number of aryl methyl sites for hydroxylation is 2. The molecule has 7 heteroatoms. The highest BCUT2D eigenvalue weighted by atomic mass is 79.9. The van der Waals surface area contributed by atoms with Crippen molar-refractivity contribution >= 4 is 27.9 Å². The smallest absolute Gasteiger partial charge is 0.305 e. The molecular weight excluding hydrogens is 440 g/mol. The average Bonchev–Trinajstić information content (AvgIpc) is 2.72. The molecule has 2 N–H and O–H groups in total. The van der Waals surface area contributed by atoms with Crippen molar-refractivity contribution in [3.8, 4) is 11.5 Å². The lowest BCUT2D eigenvalue weighted by molar-refractivity contribution is -0.141. The Morgan fingerprint density at radius 1 is 0.828 bits per heavy atom. The first-order chi connectivity index (χ1) is 13.9. The third kappa shape index (κ3) is 9.47. The molecule has 0 spiro atoms. The predicted molar refractivity (Wildman–Crippen MR) is 114 cm³/mol. The molecule has 2 aromatic rings. The molecule has 0 aromatic heterocycles. The van der Waals surface area contributed by atoms with Crippen LogP contribution < -0.4 is 0 Å². The van der Waals surface area contributed by atoms with Crippen LogP contribution in [0.3, 0.4) is 0 Å². The minimum absolute atomic E-state index is 0.208. The second kappa shape index (κ2) is 13.6. The van der Waals surface area contributed by atoms with Crippen LogP contribution in [0.1, 0.15) is 36.8 Å². The van der Waals surface area contributed by atoms with Gasteiger partial charge in [-0.1, -0.05) is 30.3 Å². The van der Waals surface area contributed by atoms with Gasteiger partial charge in [-0.05, 0) is 64.9 Å². The molecule has 0 fully saturated rings. The molecular formula is C22H27BrO6. The van der Waals surface area contributed by atoms with Gasteiger partial charge in [-0.3, -0.25) is 9.59 Å². The number of carbonyl (C=O) groups excluding carboxylic acids is 2. The fourth-order valence-corrected chi connectivity index (χ4v) is 2.94. The summed E-state index contributed by atoms with van der Waals surface area (Å²) < 4.78 is 9.73. The SMILES string of the molecule is COC(=O)CCCc1cccc(Br)c1O.COC(=O)CCCc1ccccc1O. The van der Waals surface area contributed by atoms with Crippen molar-refractivity contribution in [2.75, 3.05) is 14.2 Å². The number of esters is 2. The zero-order valence-electron chi connectivity index (χ0n) is 16.7. The molecule has 0 saturated heterocycles. The molecule has 2 rings (SSSR count). The van der Waals surface area contributed by atoms with E-state index in [2.05, 4.69) is 25.4 Å². The van der Waals surface area contributed by atoms with Crippen LogP contribution in [0.25, 0.3) is 0 Å². The number of para-hydroxylation sites is 2. The van der Waals surface area contributed by atoms with Crippen molar-refractivity contribution in [1.82, 2.24) is 0 Å². The maximum atomic E-state index is 10.9. The second-order valence-electron chi connectivity index (χ2n) is 6.24. The van der Waals surface area contributed by atoms with E-state index in [4.69, 9.17) is 0 Å². The normalized spacial score (nSPS) is 9.90. The van der Waals surface area contributed by atoms with E-state index in [-0.39, 0.29) is 23.4 Å². The lowest BCUT2D eigenvalue weighted by Crippen LogP contribution is -2.00. The van der Waals surface area contributed by atoms with Crippen LogP contribution in [0, 0.1) is 0 Å². The molecule has 6 nitrogen and oxygen atoms in total. The third-order valence-corrected chi connectivity index (χ3v) is 4.81. The fraction of sp³-hybridized carbons (Fsp3) is 0.364. The van der Waals surface area contributed by atoms with Gasteiger partial charge >= 0.3 is 11.9 Å². The largest absolute Gasteiger partial charge is 0.508 e. The summed E-state index contributed by atoms with van der Waals surface area (Å²) in [5, 5.41) is 19.1. The second-order valence-corrected chi connectivity index (χ2v) is 7.09. The monoisotopic (exact) mass is 466 g/mol. The number of phenolic OH excluding ortho intramolecular Hbond substituents is 2. The fourth-order valence-electron chi connectivity index (χ4n) is 2.53. The summed E-state index contributed by atoms with van der Waals surface area (Å²) in [6.45, 7) is 0. The molecule has 158 valence electrons. The Kier molecular flexibility index (Phi) is 11.5. The number of methoxy groups -OCH3 is 2. The number of aromatic hydroxyl groups is 2. The van der Waals surface area contributed by atoms with Gasteiger partial charge in [0.2, 0.25) is 0 Å². The van der Waals surface area contributed by atoms with Crippen molar-refractivity contribution in [3.05, 3.63) is 58.1 Å². The van der Waals surface area contributed by atoms with Crippen LogP contribution in [-0.4, -0.2) is 36.4 Å².